The van der Waals surface area contributed by atoms with Crippen molar-refractivity contribution in [3.05, 3.63) is 63.7 Å². The van der Waals surface area contributed by atoms with Crippen LogP contribution >= 0.6 is 11.3 Å². The molecule has 120 valence electrons. The molecule has 2 aromatic heterocycles. The van der Waals surface area contributed by atoms with E-state index >= 15 is 0 Å². The summed E-state index contributed by atoms with van der Waals surface area (Å²) < 4.78 is 25.8. The van der Waals surface area contributed by atoms with Gasteiger partial charge in [-0.25, -0.2) is 22.5 Å². The lowest BCUT2D eigenvalue weighted by Crippen LogP contribution is -2.23. The van der Waals surface area contributed by atoms with Crippen molar-refractivity contribution >= 4 is 21.2 Å². The number of aryl methyl sites for hydroxylation is 1. The highest BCUT2D eigenvalue weighted by atomic mass is 32.2. The van der Waals surface area contributed by atoms with E-state index < -0.39 is 9.84 Å². The molecule has 0 N–H and O–H groups in total. The Bertz CT molecular complexity index is 995. The summed E-state index contributed by atoms with van der Waals surface area (Å²) in [4.78, 5) is 12.6. The van der Waals surface area contributed by atoms with Gasteiger partial charge < -0.3 is 0 Å². The molecule has 1 aromatic carbocycles. The lowest BCUT2D eigenvalue weighted by molar-refractivity contribution is 0.601. The second kappa shape index (κ2) is 5.78. The minimum Gasteiger partial charge on any atom is -0.246 e. The highest BCUT2D eigenvalue weighted by Crippen LogP contribution is 2.16. The Morgan fingerprint density at radius 1 is 1.22 bits per heavy atom. The quantitative estimate of drug-likeness (QED) is 0.720. The van der Waals surface area contributed by atoms with Crippen molar-refractivity contribution in [1.82, 2.24) is 14.3 Å². The van der Waals surface area contributed by atoms with Crippen molar-refractivity contribution in [1.29, 1.82) is 0 Å². The second-order valence-electron chi connectivity index (χ2n) is 5.32. The molecule has 0 bridgehead atoms. The van der Waals surface area contributed by atoms with Crippen LogP contribution in [0, 0.1) is 6.92 Å². The van der Waals surface area contributed by atoms with Crippen LogP contribution in [-0.2, 0) is 16.4 Å². The number of nitrogens with zero attached hydrogens (tertiary/aromatic N) is 3. The Hall–Kier alpha value is -2.19. The molecule has 23 heavy (non-hydrogen) atoms. The average Bonchev–Trinajstić information content (AvgIpc) is 3.06. The first-order valence-corrected chi connectivity index (χ1v) is 9.61. The highest BCUT2D eigenvalue weighted by Gasteiger charge is 2.10. The summed E-state index contributed by atoms with van der Waals surface area (Å²) in [5.41, 5.74) is 1.69. The van der Waals surface area contributed by atoms with Gasteiger partial charge in [0.05, 0.1) is 11.4 Å². The van der Waals surface area contributed by atoms with E-state index in [0.717, 1.165) is 22.4 Å². The molecule has 0 amide bonds. The zero-order chi connectivity index (χ0) is 16.6. The van der Waals surface area contributed by atoms with Crippen molar-refractivity contribution in [3.63, 3.8) is 0 Å². The molecular weight excluding hydrogens is 334 g/mol. The molecular formula is C15H15N3O3S2. The summed E-state index contributed by atoms with van der Waals surface area (Å²) in [5.74, 6) is 0. The summed E-state index contributed by atoms with van der Waals surface area (Å²) in [7, 11) is -3.22. The number of sulfone groups is 1. The van der Waals surface area contributed by atoms with Crippen LogP contribution in [0.5, 0.6) is 0 Å². The number of thiophene rings is 1. The number of aromatic nitrogens is 3. The van der Waals surface area contributed by atoms with Crippen molar-refractivity contribution in [2.45, 2.75) is 18.4 Å². The summed E-state index contributed by atoms with van der Waals surface area (Å²) in [6.45, 7) is 2.26. The van der Waals surface area contributed by atoms with E-state index in [2.05, 4.69) is 5.10 Å². The predicted molar refractivity (Wildman–Crippen MR) is 89.1 cm³/mol. The van der Waals surface area contributed by atoms with E-state index in [0.29, 0.717) is 6.54 Å². The maximum absolute atomic E-state index is 12.4. The molecule has 3 aromatic rings. The van der Waals surface area contributed by atoms with Gasteiger partial charge in [-0.1, -0.05) is 12.1 Å². The number of benzene rings is 1. The zero-order valence-electron chi connectivity index (χ0n) is 12.6. The maximum Gasteiger partial charge on any atom is 0.351 e. The van der Waals surface area contributed by atoms with Crippen molar-refractivity contribution < 1.29 is 8.42 Å². The van der Waals surface area contributed by atoms with Gasteiger partial charge >= 0.3 is 5.69 Å². The third-order valence-corrected chi connectivity index (χ3v) is 5.55. The van der Waals surface area contributed by atoms with Gasteiger partial charge in [0.1, 0.15) is 11.3 Å². The minimum atomic E-state index is -3.22. The molecule has 0 aliphatic rings. The Labute approximate surface area is 137 Å². The molecule has 8 heteroatoms. The van der Waals surface area contributed by atoms with Crippen LogP contribution in [0.15, 0.2) is 51.7 Å². The molecule has 0 fully saturated rings. The van der Waals surface area contributed by atoms with Crippen molar-refractivity contribution in [2.24, 2.45) is 0 Å². The Morgan fingerprint density at radius 2 is 1.91 bits per heavy atom. The topological polar surface area (TPSA) is 74.0 Å². The van der Waals surface area contributed by atoms with Crippen molar-refractivity contribution in [2.75, 3.05) is 6.26 Å². The lowest BCUT2D eigenvalue weighted by atomic mass is 10.2. The van der Waals surface area contributed by atoms with Gasteiger partial charge in [-0.05, 0) is 41.6 Å². The summed E-state index contributed by atoms with van der Waals surface area (Å²) in [6, 6.07) is 8.39. The van der Waals surface area contributed by atoms with Crippen LogP contribution in [-0.4, -0.2) is 29.0 Å². The fraction of sp³-hybridized carbons (Fsp3) is 0.200. The third-order valence-electron chi connectivity index (χ3n) is 3.37. The van der Waals surface area contributed by atoms with E-state index in [4.69, 9.17) is 0 Å². The fourth-order valence-electron chi connectivity index (χ4n) is 2.15. The largest absolute Gasteiger partial charge is 0.351 e. The van der Waals surface area contributed by atoms with Gasteiger partial charge in [0.15, 0.2) is 9.84 Å². The first-order valence-electron chi connectivity index (χ1n) is 6.83. The molecule has 0 saturated heterocycles. The zero-order valence-corrected chi connectivity index (χ0v) is 14.3. The normalized spacial score (nSPS) is 11.7. The molecule has 0 unspecified atom stereocenters. The van der Waals surface area contributed by atoms with Crippen LogP contribution < -0.4 is 5.69 Å². The fourth-order valence-corrected chi connectivity index (χ4v) is 3.65. The van der Waals surface area contributed by atoms with E-state index in [9.17, 15) is 13.2 Å². The number of hydrogen-bond donors (Lipinski definition) is 0. The van der Waals surface area contributed by atoms with Gasteiger partial charge in [-0.2, -0.15) is 5.10 Å². The van der Waals surface area contributed by atoms with Crippen LogP contribution in [0.2, 0.25) is 0 Å². The van der Waals surface area contributed by atoms with E-state index in [1.807, 2.05) is 18.4 Å². The van der Waals surface area contributed by atoms with Crippen LogP contribution in [0.1, 0.15) is 11.1 Å². The van der Waals surface area contributed by atoms with Gasteiger partial charge in [0, 0.05) is 6.26 Å². The predicted octanol–water partition coefficient (Wildman–Crippen LogP) is 1.86. The van der Waals surface area contributed by atoms with Crippen LogP contribution in [0.25, 0.3) is 5.00 Å². The van der Waals surface area contributed by atoms with Gasteiger partial charge in [0.25, 0.3) is 0 Å². The first kappa shape index (κ1) is 15.7. The Morgan fingerprint density at radius 3 is 2.48 bits per heavy atom. The second-order valence-corrected chi connectivity index (χ2v) is 8.22. The molecule has 6 nitrogen and oxygen atoms in total. The standard InChI is InChI=1S/C15H15N3O3S2/c1-11-7-14(22-9-11)17-10-16-18(15(17)19)8-12-3-5-13(6-4-12)23(2,20)21/h3-7,9-10H,8H2,1-2H3. The Balaban J connectivity index is 1.87. The summed E-state index contributed by atoms with van der Waals surface area (Å²) in [5, 5.41) is 6.92. The average molecular weight is 349 g/mol. The smallest absolute Gasteiger partial charge is 0.246 e. The van der Waals surface area contributed by atoms with Crippen LogP contribution in [0.3, 0.4) is 0 Å². The summed E-state index contributed by atoms with van der Waals surface area (Å²) in [6.07, 6.45) is 2.66. The van der Waals surface area contributed by atoms with Gasteiger partial charge in [-0.15, -0.1) is 11.3 Å². The van der Waals surface area contributed by atoms with Crippen LogP contribution in [0.4, 0.5) is 0 Å². The third kappa shape index (κ3) is 3.27. The minimum absolute atomic E-state index is 0.223. The SMILES string of the molecule is Cc1csc(-n2cnn(Cc3ccc(S(C)(=O)=O)cc3)c2=O)c1. The molecule has 3 rings (SSSR count). The van der Waals surface area contributed by atoms with Gasteiger partial charge in [-0.3, -0.25) is 0 Å². The highest BCUT2D eigenvalue weighted by molar-refractivity contribution is 7.90. The molecule has 0 aliphatic carbocycles. The molecule has 0 saturated carbocycles. The molecule has 0 radical (unpaired) electrons. The molecule has 0 aliphatic heterocycles. The molecule has 0 spiro atoms. The molecule has 0 atom stereocenters. The van der Waals surface area contributed by atoms with E-state index in [1.54, 1.807) is 12.1 Å². The maximum atomic E-state index is 12.4. The van der Waals surface area contributed by atoms with E-state index in [1.165, 1.54) is 39.0 Å². The van der Waals surface area contributed by atoms with E-state index in [-0.39, 0.29) is 10.6 Å². The number of rotatable bonds is 4. The number of hydrogen-bond acceptors (Lipinski definition) is 5. The molecule has 2 heterocycles. The van der Waals surface area contributed by atoms with Gasteiger partial charge in [0.2, 0.25) is 0 Å². The Kier molecular flexibility index (Phi) is 3.95. The van der Waals surface area contributed by atoms with Crippen molar-refractivity contribution in [3.8, 4) is 5.00 Å². The monoisotopic (exact) mass is 349 g/mol. The summed E-state index contributed by atoms with van der Waals surface area (Å²) >= 11 is 1.48. The first-order chi connectivity index (χ1) is 10.8. The lowest BCUT2D eigenvalue weighted by Gasteiger charge is -2.02.